The van der Waals surface area contributed by atoms with Crippen molar-refractivity contribution in [2.75, 3.05) is 5.32 Å². The lowest BCUT2D eigenvalue weighted by Crippen LogP contribution is -2.26. The fourth-order valence-electron chi connectivity index (χ4n) is 3.16. The number of aryl methyl sites for hydroxylation is 1. The van der Waals surface area contributed by atoms with Gasteiger partial charge in [-0.2, -0.15) is 5.26 Å². The van der Waals surface area contributed by atoms with E-state index in [0.29, 0.717) is 33.1 Å². The van der Waals surface area contributed by atoms with Crippen LogP contribution in [-0.2, 0) is 4.79 Å². The number of hydrogen-bond acceptors (Lipinski definition) is 6. The highest BCUT2D eigenvalue weighted by molar-refractivity contribution is 8.00. The van der Waals surface area contributed by atoms with Gasteiger partial charge in [0.05, 0.1) is 27.8 Å². The monoisotopic (exact) mass is 441 g/mol. The molecule has 4 rings (SSSR count). The summed E-state index contributed by atoms with van der Waals surface area (Å²) < 4.78 is 1.44. The van der Waals surface area contributed by atoms with Crippen molar-refractivity contribution < 1.29 is 4.79 Å². The molecule has 0 aliphatic carbocycles. The molecule has 1 N–H and O–H groups in total. The molecule has 1 amide bonds. The zero-order valence-corrected chi connectivity index (χ0v) is 18.3. The van der Waals surface area contributed by atoms with Gasteiger partial charge in [-0.25, -0.2) is 14.5 Å². The van der Waals surface area contributed by atoms with Crippen molar-refractivity contribution >= 4 is 34.3 Å². The normalized spacial score (nSPS) is 11.7. The van der Waals surface area contributed by atoms with Crippen LogP contribution < -0.4 is 10.9 Å². The summed E-state index contributed by atoms with van der Waals surface area (Å²) in [6.45, 7) is 3.66. The molecule has 4 aromatic rings. The molecule has 0 saturated carbocycles. The van der Waals surface area contributed by atoms with Crippen LogP contribution in [0, 0.1) is 18.3 Å². The second-order valence-electron chi connectivity index (χ2n) is 7.19. The Hall–Kier alpha value is -3.96. The Labute approximate surface area is 188 Å². The van der Waals surface area contributed by atoms with Gasteiger partial charge in [0.25, 0.3) is 5.56 Å². The van der Waals surface area contributed by atoms with Crippen molar-refractivity contribution in [3.8, 4) is 11.9 Å². The van der Waals surface area contributed by atoms with Crippen molar-refractivity contribution in [2.24, 2.45) is 0 Å². The Balaban J connectivity index is 1.71. The van der Waals surface area contributed by atoms with Crippen LogP contribution in [0.4, 0.5) is 5.69 Å². The minimum absolute atomic E-state index is 0.245. The van der Waals surface area contributed by atoms with Gasteiger partial charge in [-0.05, 0) is 61.9 Å². The molecule has 2 aromatic heterocycles. The van der Waals surface area contributed by atoms with Gasteiger partial charge in [-0.15, -0.1) is 0 Å². The summed E-state index contributed by atoms with van der Waals surface area (Å²) in [5.41, 5.74) is 2.25. The lowest BCUT2D eigenvalue weighted by atomic mass is 10.2. The number of nitriles is 1. The average molecular weight is 442 g/mol. The van der Waals surface area contributed by atoms with E-state index in [1.165, 1.54) is 16.3 Å². The van der Waals surface area contributed by atoms with Gasteiger partial charge in [0.1, 0.15) is 5.82 Å². The molecule has 0 aliphatic heterocycles. The molecular weight excluding hydrogens is 422 g/mol. The standard InChI is InChI=1S/C24H19N5O2S/c1-15-10-11-26-21(12-15)29-23(31)19-8-3-4-9-20(19)28-24(29)32-16(2)22(30)27-18-7-5-6-17(13-18)14-25/h3-13,16H,1-2H3,(H,27,30). The van der Waals surface area contributed by atoms with Gasteiger partial charge in [0.15, 0.2) is 5.16 Å². The first kappa shape index (κ1) is 21.3. The Morgan fingerprint density at radius 3 is 2.75 bits per heavy atom. The summed E-state index contributed by atoms with van der Waals surface area (Å²) in [4.78, 5) is 35.2. The highest BCUT2D eigenvalue weighted by atomic mass is 32.2. The molecule has 1 atom stereocenters. The number of aromatic nitrogens is 3. The van der Waals surface area contributed by atoms with Crippen LogP contribution in [0.2, 0.25) is 0 Å². The van der Waals surface area contributed by atoms with Gasteiger partial charge in [0.2, 0.25) is 5.91 Å². The molecule has 158 valence electrons. The number of rotatable bonds is 5. The summed E-state index contributed by atoms with van der Waals surface area (Å²) in [7, 11) is 0. The topological polar surface area (TPSA) is 101 Å². The molecule has 1 unspecified atom stereocenters. The fourth-order valence-corrected chi connectivity index (χ4v) is 4.07. The van der Waals surface area contributed by atoms with Crippen molar-refractivity contribution in [3.63, 3.8) is 0 Å². The molecule has 0 radical (unpaired) electrons. The Bertz CT molecular complexity index is 1420. The molecular formula is C24H19N5O2S. The Morgan fingerprint density at radius 1 is 1.16 bits per heavy atom. The second-order valence-corrected chi connectivity index (χ2v) is 8.49. The van der Waals surface area contributed by atoms with E-state index < -0.39 is 5.25 Å². The van der Waals surface area contributed by atoms with Gasteiger partial charge in [-0.1, -0.05) is 30.0 Å². The summed E-state index contributed by atoms with van der Waals surface area (Å²) in [6.07, 6.45) is 1.64. The van der Waals surface area contributed by atoms with Crippen LogP contribution in [0.15, 0.2) is 76.8 Å². The minimum atomic E-state index is -0.565. The van der Waals surface area contributed by atoms with E-state index in [2.05, 4.69) is 21.4 Å². The molecule has 2 heterocycles. The minimum Gasteiger partial charge on any atom is -0.325 e. The lowest BCUT2D eigenvalue weighted by Gasteiger charge is -2.16. The number of amides is 1. The van der Waals surface area contributed by atoms with Crippen molar-refractivity contribution in [3.05, 3.63) is 88.3 Å². The van der Waals surface area contributed by atoms with E-state index in [-0.39, 0.29) is 11.5 Å². The number of fused-ring (bicyclic) bond motifs is 1. The summed E-state index contributed by atoms with van der Waals surface area (Å²) >= 11 is 1.17. The van der Waals surface area contributed by atoms with Gasteiger partial charge < -0.3 is 5.32 Å². The number of carbonyl (C=O) groups excluding carboxylic acids is 1. The first-order valence-corrected chi connectivity index (χ1v) is 10.8. The SMILES string of the molecule is Cc1ccnc(-n2c(SC(C)C(=O)Nc3cccc(C#N)c3)nc3ccccc3c2=O)c1. The average Bonchev–Trinajstić information content (AvgIpc) is 2.79. The maximum atomic E-state index is 13.3. The van der Waals surface area contributed by atoms with Crippen molar-refractivity contribution in [1.29, 1.82) is 5.26 Å². The van der Waals surface area contributed by atoms with E-state index >= 15 is 0 Å². The van der Waals surface area contributed by atoms with Crippen molar-refractivity contribution in [1.82, 2.24) is 14.5 Å². The van der Waals surface area contributed by atoms with E-state index in [4.69, 9.17) is 5.26 Å². The second kappa shape index (κ2) is 9.04. The van der Waals surface area contributed by atoms with Crippen LogP contribution in [0.3, 0.4) is 0 Å². The van der Waals surface area contributed by atoms with Crippen molar-refractivity contribution in [2.45, 2.75) is 24.3 Å². The van der Waals surface area contributed by atoms with Crippen LogP contribution in [0.25, 0.3) is 16.7 Å². The number of benzene rings is 2. The van der Waals surface area contributed by atoms with Crippen LogP contribution >= 0.6 is 11.8 Å². The molecule has 0 bridgehead atoms. The number of para-hydroxylation sites is 1. The first-order valence-electron chi connectivity index (χ1n) is 9.89. The molecule has 0 aliphatic rings. The smallest absolute Gasteiger partial charge is 0.267 e. The molecule has 2 aromatic carbocycles. The third kappa shape index (κ3) is 4.38. The first-order chi connectivity index (χ1) is 15.5. The van der Waals surface area contributed by atoms with E-state index in [0.717, 1.165) is 5.56 Å². The molecule has 0 spiro atoms. The van der Waals surface area contributed by atoms with E-state index in [9.17, 15) is 9.59 Å². The predicted molar refractivity (Wildman–Crippen MR) is 125 cm³/mol. The molecule has 8 heteroatoms. The Kier molecular flexibility index (Phi) is 6.01. The van der Waals surface area contributed by atoms with Gasteiger partial charge in [-0.3, -0.25) is 9.59 Å². The lowest BCUT2D eigenvalue weighted by molar-refractivity contribution is -0.115. The molecule has 7 nitrogen and oxygen atoms in total. The van der Waals surface area contributed by atoms with Crippen LogP contribution in [0.5, 0.6) is 0 Å². The van der Waals surface area contributed by atoms with Crippen LogP contribution in [0.1, 0.15) is 18.1 Å². The molecule has 0 saturated heterocycles. The number of anilines is 1. The maximum absolute atomic E-state index is 13.3. The van der Waals surface area contributed by atoms with E-state index in [1.54, 1.807) is 61.7 Å². The number of nitrogens with one attached hydrogen (secondary N) is 1. The molecule has 32 heavy (non-hydrogen) atoms. The number of pyridine rings is 1. The summed E-state index contributed by atoms with van der Waals surface area (Å²) in [5, 5.41) is 12.2. The van der Waals surface area contributed by atoms with Crippen LogP contribution in [-0.4, -0.2) is 25.7 Å². The summed E-state index contributed by atoms with van der Waals surface area (Å²) in [6, 6.07) is 19.5. The fraction of sp³-hybridized carbons (Fsp3) is 0.125. The zero-order valence-electron chi connectivity index (χ0n) is 17.4. The highest BCUT2D eigenvalue weighted by Crippen LogP contribution is 2.25. The summed E-state index contributed by atoms with van der Waals surface area (Å²) in [5.74, 6) is 0.182. The van der Waals surface area contributed by atoms with Gasteiger partial charge >= 0.3 is 0 Å². The third-order valence-electron chi connectivity index (χ3n) is 4.79. The van der Waals surface area contributed by atoms with E-state index in [1.807, 2.05) is 19.1 Å². The Morgan fingerprint density at radius 2 is 1.97 bits per heavy atom. The number of hydrogen-bond donors (Lipinski definition) is 1. The zero-order chi connectivity index (χ0) is 22.7. The number of carbonyl (C=O) groups is 1. The largest absolute Gasteiger partial charge is 0.325 e. The maximum Gasteiger partial charge on any atom is 0.267 e. The quantitative estimate of drug-likeness (QED) is 0.370. The number of thioether (sulfide) groups is 1. The van der Waals surface area contributed by atoms with Gasteiger partial charge in [0, 0.05) is 11.9 Å². The third-order valence-corrected chi connectivity index (χ3v) is 5.84. The predicted octanol–water partition coefficient (Wildman–Crippen LogP) is 4.08. The number of nitrogens with zero attached hydrogens (tertiary/aromatic N) is 4. The highest BCUT2D eigenvalue weighted by Gasteiger charge is 2.21. The molecule has 0 fully saturated rings.